The van der Waals surface area contributed by atoms with E-state index in [-0.39, 0.29) is 12.5 Å². The van der Waals surface area contributed by atoms with Gasteiger partial charge < -0.3 is 4.74 Å². The van der Waals surface area contributed by atoms with Gasteiger partial charge in [0.05, 0.1) is 6.10 Å². The lowest BCUT2D eigenvalue weighted by molar-refractivity contribution is 0.0228. The van der Waals surface area contributed by atoms with E-state index < -0.39 is 28.1 Å². The van der Waals surface area contributed by atoms with Crippen LogP contribution in [0.3, 0.4) is 0 Å². The second-order valence-corrected chi connectivity index (χ2v) is 6.74. The smallest absolute Gasteiger partial charge is 0.425 e. The fourth-order valence-corrected chi connectivity index (χ4v) is 2.63. The van der Waals surface area contributed by atoms with Gasteiger partial charge in [0.1, 0.15) is 5.60 Å². The summed E-state index contributed by atoms with van der Waals surface area (Å²) in [7, 11) is -4.02. The van der Waals surface area contributed by atoms with Crippen LogP contribution in [-0.2, 0) is 19.2 Å². The zero-order valence-corrected chi connectivity index (χ0v) is 11.6. The Morgan fingerprint density at radius 3 is 2.35 bits per heavy atom. The van der Waals surface area contributed by atoms with E-state index in [9.17, 15) is 13.2 Å². The molecule has 0 bridgehead atoms. The molecule has 0 unspecified atom stereocenters. The molecule has 0 aromatic carbocycles. The number of nitrogens with zero attached hydrogens (tertiary/aromatic N) is 1. The first-order valence-electron chi connectivity index (χ1n) is 5.47. The number of amides is 1. The fraction of sp³-hybridized carbons (Fsp3) is 0.900. The Bertz CT molecular complexity index is 397. The predicted octanol–water partition coefficient (Wildman–Crippen LogP) is 1.52. The molecule has 0 N–H and O–H groups in total. The van der Waals surface area contributed by atoms with Gasteiger partial charge >= 0.3 is 16.4 Å². The Balaban J connectivity index is 2.86. The minimum atomic E-state index is -4.02. The molecule has 0 aliphatic carbocycles. The molecule has 1 heterocycles. The second-order valence-electron chi connectivity index (χ2n) is 5.25. The molecule has 17 heavy (non-hydrogen) atoms. The van der Waals surface area contributed by atoms with Crippen molar-refractivity contribution in [3.63, 3.8) is 0 Å². The maximum Gasteiger partial charge on any atom is 0.425 e. The highest BCUT2D eigenvalue weighted by Crippen LogP contribution is 2.24. The van der Waals surface area contributed by atoms with Crippen LogP contribution in [0.15, 0.2) is 0 Å². The first kappa shape index (κ1) is 14.2. The summed E-state index contributed by atoms with van der Waals surface area (Å²) >= 11 is 0. The summed E-state index contributed by atoms with van der Waals surface area (Å²) in [5.41, 5.74) is -0.737. The van der Waals surface area contributed by atoms with Crippen LogP contribution in [0.1, 0.15) is 34.6 Å². The molecule has 0 spiro atoms. The summed E-state index contributed by atoms with van der Waals surface area (Å²) in [6, 6.07) is 0. The van der Waals surface area contributed by atoms with Gasteiger partial charge in [-0.3, -0.25) is 4.18 Å². The molecule has 1 saturated heterocycles. The monoisotopic (exact) mass is 265 g/mol. The van der Waals surface area contributed by atoms with Gasteiger partial charge in [-0.1, -0.05) is 6.92 Å². The van der Waals surface area contributed by atoms with Crippen molar-refractivity contribution in [3.8, 4) is 0 Å². The van der Waals surface area contributed by atoms with Crippen molar-refractivity contribution in [2.24, 2.45) is 5.92 Å². The molecule has 7 heteroatoms. The van der Waals surface area contributed by atoms with Gasteiger partial charge in [0, 0.05) is 12.5 Å². The quantitative estimate of drug-likeness (QED) is 0.664. The lowest BCUT2D eigenvalue weighted by atomic mass is 10.1. The van der Waals surface area contributed by atoms with Crippen LogP contribution in [0.2, 0.25) is 0 Å². The molecule has 6 nitrogen and oxygen atoms in total. The second kappa shape index (κ2) is 4.45. The highest BCUT2D eigenvalue weighted by molar-refractivity contribution is 7.84. The maximum atomic E-state index is 11.7. The van der Waals surface area contributed by atoms with E-state index in [1.54, 1.807) is 27.7 Å². The number of hydrogen-bond acceptors (Lipinski definition) is 5. The Morgan fingerprint density at radius 2 is 1.88 bits per heavy atom. The number of carbonyl (C=O) groups is 1. The third kappa shape index (κ3) is 3.57. The third-order valence-corrected chi connectivity index (χ3v) is 3.78. The molecule has 100 valence electrons. The molecular formula is C10H19NO5S. The van der Waals surface area contributed by atoms with Crippen LogP contribution in [0.25, 0.3) is 0 Å². The number of hydrogen-bond donors (Lipinski definition) is 0. The van der Waals surface area contributed by atoms with Crippen LogP contribution >= 0.6 is 0 Å². The van der Waals surface area contributed by atoms with Gasteiger partial charge in [-0.25, -0.2) is 4.79 Å². The Labute approximate surface area is 102 Å². The number of carbonyl (C=O) groups excluding carboxylic acids is 1. The predicted molar refractivity (Wildman–Crippen MR) is 61.6 cm³/mol. The van der Waals surface area contributed by atoms with Gasteiger partial charge in [-0.2, -0.15) is 12.7 Å². The molecule has 0 radical (unpaired) electrons. The van der Waals surface area contributed by atoms with E-state index in [0.717, 1.165) is 0 Å². The van der Waals surface area contributed by atoms with E-state index in [1.807, 2.05) is 6.92 Å². The molecule has 2 atom stereocenters. The zero-order valence-electron chi connectivity index (χ0n) is 10.8. The summed E-state index contributed by atoms with van der Waals surface area (Å²) in [4.78, 5) is 11.7. The molecule has 1 aliphatic rings. The highest BCUT2D eigenvalue weighted by atomic mass is 32.2. The van der Waals surface area contributed by atoms with Crippen molar-refractivity contribution >= 4 is 16.4 Å². The van der Waals surface area contributed by atoms with Gasteiger partial charge in [-0.15, -0.1) is 0 Å². The molecule has 1 fully saturated rings. The topological polar surface area (TPSA) is 72.9 Å². The lowest BCUT2D eigenvalue weighted by Gasteiger charge is -2.34. The molecule has 0 aromatic heterocycles. The minimum Gasteiger partial charge on any atom is -0.443 e. The average molecular weight is 265 g/mol. The van der Waals surface area contributed by atoms with Crippen molar-refractivity contribution in [2.45, 2.75) is 46.3 Å². The normalized spacial score (nSPS) is 28.9. The number of rotatable bonds is 0. The van der Waals surface area contributed by atoms with Gasteiger partial charge in [0.15, 0.2) is 0 Å². The molecule has 1 aliphatic heterocycles. The SMILES string of the molecule is C[C@@H]1CN(C(=O)OC(C)(C)C)S(=O)(=O)O[C@H]1C. The van der Waals surface area contributed by atoms with Crippen molar-refractivity contribution in [1.82, 2.24) is 4.31 Å². The van der Waals surface area contributed by atoms with Crippen LogP contribution in [0.5, 0.6) is 0 Å². The average Bonchev–Trinajstić information content (AvgIpc) is 2.07. The van der Waals surface area contributed by atoms with Crippen molar-refractivity contribution in [1.29, 1.82) is 0 Å². The van der Waals surface area contributed by atoms with Gasteiger partial charge in [-0.05, 0) is 27.7 Å². The van der Waals surface area contributed by atoms with Crippen LogP contribution < -0.4 is 0 Å². The third-order valence-electron chi connectivity index (χ3n) is 2.40. The van der Waals surface area contributed by atoms with E-state index >= 15 is 0 Å². The maximum absolute atomic E-state index is 11.7. The Hall–Kier alpha value is -0.820. The Morgan fingerprint density at radius 1 is 1.35 bits per heavy atom. The van der Waals surface area contributed by atoms with Crippen LogP contribution in [0.4, 0.5) is 4.79 Å². The minimum absolute atomic E-state index is 0.0638. The van der Waals surface area contributed by atoms with Crippen LogP contribution in [0, 0.1) is 5.92 Å². The summed E-state index contributed by atoms with van der Waals surface area (Å²) in [6.07, 6.45) is -1.32. The van der Waals surface area contributed by atoms with E-state index in [2.05, 4.69) is 0 Å². The van der Waals surface area contributed by atoms with Crippen molar-refractivity contribution in [3.05, 3.63) is 0 Å². The Kier molecular flexibility index (Phi) is 3.73. The molecular weight excluding hydrogens is 246 g/mol. The van der Waals surface area contributed by atoms with Crippen molar-refractivity contribution < 1.29 is 22.1 Å². The summed E-state index contributed by atoms with van der Waals surface area (Å²) in [5.74, 6) is -0.0638. The fourth-order valence-electron chi connectivity index (χ4n) is 1.32. The summed E-state index contributed by atoms with van der Waals surface area (Å²) in [5, 5.41) is 0. The lowest BCUT2D eigenvalue weighted by Crippen LogP contribution is -2.50. The van der Waals surface area contributed by atoms with Gasteiger partial charge in [0.2, 0.25) is 0 Å². The summed E-state index contributed by atoms with van der Waals surface area (Å²) in [6.45, 7) is 8.58. The van der Waals surface area contributed by atoms with Crippen LogP contribution in [-0.4, -0.2) is 37.1 Å². The molecule has 0 saturated carbocycles. The van der Waals surface area contributed by atoms with E-state index in [4.69, 9.17) is 8.92 Å². The van der Waals surface area contributed by atoms with E-state index in [1.165, 1.54) is 0 Å². The van der Waals surface area contributed by atoms with Crippen molar-refractivity contribution in [2.75, 3.05) is 6.54 Å². The molecule has 0 aromatic rings. The molecule has 1 rings (SSSR count). The molecule has 1 amide bonds. The summed E-state index contributed by atoms with van der Waals surface area (Å²) < 4.78 is 33.8. The largest absolute Gasteiger partial charge is 0.443 e. The van der Waals surface area contributed by atoms with E-state index in [0.29, 0.717) is 4.31 Å². The first-order chi connectivity index (χ1) is 7.53. The standard InChI is InChI=1S/C10H19NO5S/c1-7-6-11(9(12)15-10(3,4)5)17(13,14)16-8(7)2/h7-8H,6H2,1-5H3/t7-,8+/m1/s1. The van der Waals surface area contributed by atoms with Gasteiger partial charge in [0.25, 0.3) is 0 Å². The highest BCUT2D eigenvalue weighted by Gasteiger charge is 2.40. The number of ether oxygens (including phenoxy) is 1. The zero-order chi connectivity index (χ0) is 13.4. The first-order valence-corrected chi connectivity index (χ1v) is 6.83.